The van der Waals surface area contributed by atoms with E-state index in [2.05, 4.69) is 4.98 Å². The van der Waals surface area contributed by atoms with Gasteiger partial charge < -0.3 is 4.74 Å². The SMILES string of the molecule is COc1nc(-c2cccc(F)c2)sc1C(=S)N(C)OC. The van der Waals surface area contributed by atoms with Gasteiger partial charge in [-0.3, -0.25) is 4.84 Å². The average molecular weight is 312 g/mol. The molecule has 0 aliphatic rings. The summed E-state index contributed by atoms with van der Waals surface area (Å²) in [6.45, 7) is 0. The van der Waals surface area contributed by atoms with Gasteiger partial charge in [0, 0.05) is 12.6 Å². The van der Waals surface area contributed by atoms with Gasteiger partial charge in [0.1, 0.15) is 20.7 Å². The summed E-state index contributed by atoms with van der Waals surface area (Å²) in [5.41, 5.74) is 0.683. The molecule has 0 atom stereocenters. The molecule has 0 N–H and O–H groups in total. The van der Waals surface area contributed by atoms with Crippen LogP contribution in [-0.4, -0.2) is 36.3 Å². The van der Waals surface area contributed by atoms with E-state index in [4.69, 9.17) is 21.8 Å². The first-order valence-corrected chi connectivity index (χ1v) is 6.92. The van der Waals surface area contributed by atoms with Crippen LogP contribution in [0.25, 0.3) is 10.6 Å². The molecule has 0 aliphatic carbocycles. The van der Waals surface area contributed by atoms with Crippen LogP contribution >= 0.6 is 23.6 Å². The second-order valence-electron chi connectivity index (χ2n) is 3.85. The molecule has 0 aliphatic heterocycles. The highest BCUT2D eigenvalue weighted by molar-refractivity contribution is 7.81. The summed E-state index contributed by atoms with van der Waals surface area (Å²) in [7, 11) is 4.74. The minimum Gasteiger partial charge on any atom is -0.480 e. The topological polar surface area (TPSA) is 34.6 Å². The molecule has 7 heteroatoms. The van der Waals surface area contributed by atoms with Gasteiger partial charge in [0.2, 0.25) is 5.88 Å². The van der Waals surface area contributed by atoms with Crippen LogP contribution in [0.3, 0.4) is 0 Å². The third-order valence-corrected chi connectivity index (χ3v) is 4.30. The van der Waals surface area contributed by atoms with Gasteiger partial charge in [-0.15, -0.1) is 11.3 Å². The highest BCUT2D eigenvalue weighted by Gasteiger charge is 2.19. The van der Waals surface area contributed by atoms with Crippen molar-refractivity contribution in [3.05, 3.63) is 35.0 Å². The number of thiocarbonyl (C=S) groups is 1. The molecule has 106 valence electrons. The summed E-state index contributed by atoms with van der Waals surface area (Å²) < 4.78 is 18.5. The Labute approximate surface area is 125 Å². The Bertz CT molecular complexity index is 631. The Hall–Kier alpha value is -1.57. The van der Waals surface area contributed by atoms with Crippen molar-refractivity contribution in [1.29, 1.82) is 0 Å². The van der Waals surface area contributed by atoms with Crippen molar-refractivity contribution in [3.8, 4) is 16.5 Å². The number of methoxy groups -OCH3 is 1. The molecule has 2 rings (SSSR count). The summed E-state index contributed by atoms with van der Waals surface area (Å²) in [6, 6.07) is 6.23. The van der Waals surface area contributed by atoms with Crippen molar-refractivity contribution in [2.24, 2.45) is 0 Å². The van der Waals surface area contributed by atoms with Crippen LogP contribution in [0.2, 0.25) is 0 Å². The van der Waals surface area contributed by atoms with Crippen LogP contribution in [0.4, 0.5) is 4.39 Å². The number of halogens is 1. The first-order valence-electron chi connectivity index (χ1n) is 5.69. The van der Waals surface area contributed by atoms with Gasteiger partial charge in [0.25, 0.3) is 0 Å². The number of aromatic nitrogens is 1. The molecule has 1 aromatic heterocycles. The van der Waals surface area contributed by atoms with E-state index in [1.54, 1.807) is 19.2 Å². The summed E-state index contributed by atoms with van der Waals surface area (Å²) >= 11 is 6.63. The van der Waals surface area contributed by atoms with Gasteiger partial charge in [-0.2, -0.15) is 0 Å². The predicted octanol–water partition coefficient (Wildman–Crippen LogP) is 3.13. The minimum atomic E-state index is -0.310. The molecule has 0 amide bonds. The van der Waals surface area contributed by atoms with Gasteiger partial charge in [-0.05, 0) is 12.1 Å². The van der Waals surface area contributed by atoms with Gasteiger partial charge in [0.05, 0.1) is 14.2 Å². The van der Waals surface area contributed by atoms with E-state index in [1.165, 1.54) is 42.8 Å². The third kappa shape index (κ3) is 2.95. The summed E-state index contributed by atoms with van der Waals surface area (Å²) in [6.07, 6.45) is 0. The van der Waals surface area contributed by atoms with Crippen molar-refractivity contribution < 1.29 is 14.0 Å². The van der Waals surface area contributed by atoms with Gasteiger partial charge >= 0.3 is 0 Å². The first-order chi connectivity index (χ1) is 9.56. The van der Waals surface area contributed by atoms with E-state index in [0.29, 0.717) is 26.3 Å². The predicted molar refractivity (Wildman–Crippen MR) is 80.5 cm³/mol. The Morgan fingerprint density at radius 2 is 2.15 bits per heavy atom. The maximum atomic E-state index is 13.3. The zero-order chi connectivity index (χ0) is 14.7. The van der Waals surface area contributed by atoms with Crippen molar-refractivity contribution >= 4 is 28.5 Å². The number of hydroxylamine groups is 2. The average Bonchev–Trinajstić information content (AvgIpc) is 2.89. The number of hydrogen-bond acceptors (Lipinski definition) is 5. The van der Waals surface area contributed by atoms with Crippen LogP contribution in [0.15, 0.2) is 24.3 Å². The molecule has 0 unspecified atom stereocenters. The van der Waals surface area contributed by atoms with Gasteiger partial charge in [-0.1, -0.05) is 24.4 Å². The zero-order valence-corrected chi connectivity index (χ0v) is 12.8. The Morgan fingerprint density at radius 1 is 1.40 bits per heavy atom. The number of thiazole rings is 1. The molecule has 0 bridgehead atoms. The maximum Gasteiger partial charge on any atom is 0.235 e. The molecule has 0 saturated carbocycles. The minimum absolute atomic E-state index is 0.310. The fourth-order valence-electron chi connectivity index (χ4n) is 1.55. The lowest BCUT2D eigenvalue weighted by atomic mass is 10.2. The number of nitrogens with zero attached hydrogens (tertiary/aromatic N) is 2. The molecule has 0 spiro atoms. The van der Waals surface area contributed by atoms with Crippen LogP contribution in [0, 0.1) is 5.82 Å². The van der Waals surface area contributed by atoms with Gasteiger partial charge in [0.15, 0.2) is 0 Å². The lowest BCUT2D eigenvalue weighted by molar-refractivity contribution is -0.0384. The summed E-state index contributed by atoms with van der Waals surface area (Å²) in [4.78, 5) is 10.5. The third-order valence-electron chi connectivity index (χ3n) is 2.62. The smallest absolute Gasteiger partial charge is 0.235 e. The van der Waals surface area contributed by atoms with E-state index in [9.17, 15) is 4.39 Å². The van der Waals surface area contributed by atoms with E-state index >= 15 is 0 Å². The molecule has 0 saturated heterocycles. The number of benzene rings is 1. The number of ether oxygens (including phenoxy) is 1. The van der Waals surface area contributed by atoms with Crippen LogP contribution in [0.5, 0.6) is 5.88 Å². The van der Waals surface area contributed by atoms with E-state index < -0.39 is 0 Å². The molecule has 1 heterocycles. The highest BCUT2D eigenvalue weighted by atomic mass is 32.1. The molecular weight excluding hydrogens is 299 g/mol. The lowest BCUT2D eigenvalue weighted by Gasteiger charge is -2.15. The van der Waals surface area contributed by atoms with E-state index in [-0.39, 0.29) is 5.82 Å². The monoisotopic (exact) mass is 312 g/mol. The second kappa shape index (κ2) is 6.25. The second-order valence-corrected chi connectivity index (χ2v) is 5.24. The number of rotatable bonds is 4. The highest BCUT2D eigenvalue weighted by Crippen LogP contribution is 2.33. The van der Waals surface area contributed by atoms with Crippen molar-refractivity contribution in [2.75, 3.05) is 21.3 Å². The van der Waals surface area contributed by atoms with Gasteiger partial charge in [-0.25, -0.2) is 14.4 Å². The van der Waals surface area contributed by atoms with Crippen molar-refractivity contribution in [3.63, 3.8) is 0 Å². The van der Waals surface area contributed by atoms with E-state index in [0.717, 1.165) is 0 Å². The Morgan fingerprint density at radius 3 is 2.75 bits per heavy atom. The molecule has 0 radical (unpaired) electrons. The summed E-state index contributed by atoms with van der Waals surface area (Å²) in [5, 5.41) is 2.09. The quantitative estimate of drug-likeness (QED) is 0.640. The molecule has 2 aromatic rings. The Balaban J connectivity index is 2.43. The zero-order valence-electron chi connectivity index (χ0n) is 11.2. The molecule has 0 fully saturated rings. The normalized spacial score (nSPS) is 10.4. The fraction of sp³-hybridized carbons (Fsp3) is 0.231. The molecular formula is C13H13FN2O2S2. The molecule has 20 heavy (non-hydrogen) atoms. The molecule has 1 aromatic carbocycles. The summed E-state index contributed by atoms with van der Waals surface area (Å²) in [5.74, 6) is 0.0953. The van der Waals surface area contributed by atoms with Crippen LogP contribution in [0.1, 0.15) is 4.88 Å². The maximum absolute atomic E-state index is 13.3. The number of hydrogen-bond donors (Lipinski definition) is 0. The van der Waals surface area contributed by atoms with E-state index in [1.807, 2.05) is 0 Å². The van der Waals surface area contributed by atoms with Crippen LogP contribution < -0.4 is 4.74 Å². The van der Waals surface area contributed by atoms with Crippen molar-refractivity contribution in [2.45, 2.75) is 0 Å². The standard InChI is InChI=1S/C13H13FN2O2S2/c1-16(18-3)13(19)10-11(17-2)15-12(20-10)8-5-4-6-9(14)7-8/h4-7H,1-3H3. The van der Waals surface area contributed by atoms with Crippen molar-refractivity contribution in [1.82, 2.24) is 10.0 Å². The van der Waals surface area contributed by atoms with Crippen LogP contribution in [-0.2, 0) is 4.84 Å². The first kappa shape index (κ1) is 14.8. The lowest BCUT2D eigenvalue weighted by Crippen LogP contribution is -2.23. The molecule has 4 nitrogen and oxygen atoms in total. The Kier molecular flexibility index (Phi) is 4.64. The fourth-order valence-corrected chi connectivity index (χ4v) is 2.84. The largest absolute Gasteiger partial charge is 0.480 e.